The number of anilines is 1. The smallest absolute Gasteiger partial charge is 0.225 e. The summed E-state index contributed by atoms with van der Waals surface area (Å²) in [5, 5.41) is 3.42. The summed E-state index contributed by atoms with van der Waals surface area (Å²) in [5.41, 5.74) is 0.665. The van der Waals surface area contributed by atoms with E-state index in [-0.39, 0.29) is 5.91 Å². The Kier molecular flexibility index (Phi) is 4.80. The minimum Gasteiger partial charge on any atom is -0.468 e. The minimum atomic E-state index is -0.0156. The molecule has 1 aliphatic carbocycles. The number of furan rings is 1. The molecule has 1 heterocycles. The molecule has 0 spiro atoms. The quantitative estimate of drug-likeness (QED) is 0.841. The van der Waals surface area contributed by atoms with Crippen LogP contribution in [0, 0.1) is 0 Å². The number of nitrogens with one attached hydrogen (secondary N) is 1. The third-order valence-electron chi connectivity index (χ3n) is 3.78. The van der Waals surface area contributed by atoms with Crippen molar-refractivity contribution in [2.45, 2.75) is 31.8 Å². The van der Waals surface area contributed by atoms with Gasteiger partial charge >= 0.3 is 0 Å². The fourth-order valence-electron chi connectivity index (χ4n) is 2.45. The first-order valence-corrected chi connectivity index (χ1v) is 7.91. The summed E-state index contributed by atoms with van der Waals surface area (Å²) < 4.78 is 5.40. The molecule has 0 unspecified atom stereocenters. The number of carbonyl (C=O) groups is 1. The molecule has 2 aromatic rings. The van der Waals surface area contributed by atoms with Crippen molar-refractivity contribution in [1.82, 2.24) is 4.90 Å². The predicted molar refractivity (Wildman–Crippen MR) is 86.8 cm³/mol. The summed E-state index contributed by atoms with van der Waals surface area (Å²) >= 11 is 6.05. The molecule has 3 rings (SSSR count). The van der Waals surface area contributed by atoms with Crippen LogP contribution < -0.4 is 5.32 Å². The molecule has 0 radical (unpaired) electrons. The van der Waals surface area contributed by atoms with E-state index in [1.165, 1.54) is 12.8 Å². The van der Waals surface area contributed by atoms with Crippen molar-refractivity contribution in [3.05, 3.63) is 53.4 Å². The third kappa shape index (κ3) is 4.12. The Morgan fingerprint density at radius 1 is 1.27 bits per heavy atom. The average molecular weight is 319 g/mol. The van der Waals surface area contributed by atoms with Gasteiger partial charge in [0.05, 0.1) is 23.5 Å². The van der Waals surface area contributed by atoms with Crippen LogP contribution >= 0.6 is 11.6 Å². The molecule has 1 saturated carbocycles. The minimum absolute atomic E-state index is 0.0156. The van der Waals surface area contributed by atoms with E-state index in [0.717, 1.165) is 18.8 Å². The molecule has 0 bridgehead atoms. The van der Waals surface area contributed by atoms with E-state index in [1.807, 2.05) is 30.3 Å². The standard InChI is InChI=1S/C17H19ClN2O2/c18-15-5-1-2-6-16(15)19-17(21)9-10-20(13-7-8-13)12-14-4-3-11-22-14/h1-6,11,13H,7-10,12H2,(H,19,21). The average Bonchev–Trinajstić information content (AvgIpc) is 3.23. The van der Waals surface area contributed by atoms with Crippen LogP contribution in [0.2, 0.25) is 5.02 Å². The van der Waals surface area contributed by atoms with Gasteiger partial charge in [-0.3, -0.25) is 9.69 Å². The Morgan fingerprint density at radius 2 is 2.09 bits per heavy atom. The summed E-state index contributed by atoms with van der Waals surface area (Å²) in [5.74, 6) is 0.927. The summed E-state index contributed by atoms with van der Waals surface area (Å²) in [6.45, 7) is 1.48. The van der Waals surface area contributed by atoms with E-state index < -0.39 is 0 Å². The van der Waals surface area contributed by atoms with Crippen molar-refractivity contribution < 1.29 is 9.21 Å². The van der Waals surface area contributed by atoms with Gasteiger partial charge in [-0.05, 0) is 37.1 Å². The van der Waals surface area contributed by atoms with E-state index in [0.29, 0.717) is 23.2 Å². The molecule has 22 heavy (non-hydrogen) atoms. The maximum Gasteiger partial charge on any atom is 0.225 e. The highest BCUT2D eigenvalue weighted by molar-refractivity contribution is 6.33. The number of amides is 1. The van der Waals surface area contributed by atoms with Crippen LogP contribution in [0.1, 0.15) is 25.0 Å². The fraction of sp³-hybridized carbons (Fsp3) is 0.353. The first-order chi connectivity index (χ1) is 10.7. The van der Waals surface area contributed by atoms with Crippen LogP contribution in [-0.2, 0) is 11.3 Å². The second-order valence-electron chi connectivity index (χ2n) is 5.56. The van der Waals surface area contributed by atoms with E-state index in [1.54, 1.807) is 12.3 Å². The van der Waals surface area contributed by atoms with Crippen molar-refractivity contribution in [2.24, 2.45) is 0 Å². The number of hydrogen-bond donors (Lipinski definition) is 1. The van der Waals surface area contributed by atoms with Gasteiger partial charge in [0.15, 0.2) is 0 Å². The lowest BCUT2D eigenvalue weighted by Gasteiger charge is -2.20. The Balaban J connectivity index is 1.51. The number of para-hydroxylation sites is 1. The van der Waals surface area contributed by atoms with Crippen molar-refractivity contribution in [1.29, 1.82) is 0 Å². The first kappa shape index (κ1) is 15.1. The molecule has 1 amide bonds. The Hall–Kier alpha value is -1.78. The lowest BCUT2D eigenvalue weighted by Crippen LogP contribution is -2.29. The fourth-order valence-corrected chi connectivity index (χ4v) is 2.64. The Morgan fingerprint density at radius 3 is 2.77 bits per heavy atom. The monoisotopic (exact) mass is 318 g/mol. The number of benzene rings is 1. The summed E-state index contributed by atoms with van der Waals surface area (Å²) in [6.07, 6.45) is 4.53. The van der Waals surface area contributed by atoms with Gasteiger partial charge in [0.25, 0.3) is 0 Å². The molecule has 1 aromatic carbocycles. The zero-order chi connectivity index (χ0) is 15.4. The maximum atomic E-state index is 12.1. The highest BCUT2D eigenvalue weighted by Crippen LogP contribution is 2.28. The van der Waals surface area contributed by atoms with Crippen LogP contribution in [0.4, 0.5) is 5.69 Å². The van der Waals surface area contributed by atoms with Crippen LogP contribution in [-0.4, -0.2) is 23.4 Å². The lowest BCUT2D eigenvalue weighted by atomic mass is 10.3. The van der Waals surface area contributed by atoms with Crippen molar-refractivity contribution in [3.8, 4) is 0 Å². The van der Waals surface area contributed by atoms with Crippen LogP contribution in [0.5, 0.6) is 0 Å². The van der Waals surface area contributed by atoms with Gasteiger partial charge < -0.3 is 9.73 Å². The van der Waals surface area contributed by atoms with E-state index >= 15 is 0 Å². The number of nitrogens with zero attached hydrogens (tertiary/aromatic N) is 1. The predicted octanol–water partition coefficient (Wildman–Crippen LogP) is 3.93. The number of halogens is 1. The van der Waals surface area contributed by atoms with Gasteiger partial charge in [0.2, 0.25) is 5.91 Å². The number of carbonyl (C=O) groups excluding carboxylic acids is 1. The molecule has 4 nitrogen and oxygen atoms in total. The van der Waals surface area contributed by atoms with Crippen molar-refractivity contribution >= 4 is 23.2 Å². The second-order valence-corrected chi connectivity index (χ2v) is 5.97. The zero-order valence-electron chi connectivity index (χ0n) is 12.3. The highest BCUT2D eigenvalue weighted by atomic mass is 35.5. The molecular weight excluding hydrogens is 300 g/mol. The number of hydrogen-bond acceptors (Lipinski definition) is 3. The van der Waals surface area contributed by atoms with Gasteiger partial charge in [-0.15, -0.1) is 0 Å². The normalized spacial score (nSPS) is 14.3. The third-order valence-corrected chi connectivity index (χ3v) is 4.11. The van der Waals surface area contributed by atoms with Crippen molar-refractivity contribution in [2.75, 3.05) is 11.9 Å². The molecule has 5 heteroatoms. The van der Waals surface area contributed by atoms with E-state index in [2.05, 4.69) is 10.2 Å². The molecule has 0 saturated heterocycles. The van der Waals surface area contributed by atoms with Gasteiger partial charge in [0.1, 0.15) is 5.76 Å². The van der Waals surface area contributed by atoms with E-state index in [9.17, 15) is 4.79 Å². The van der Waals surface area contributed by atoms with Crippen LogP contribution in [0.15, 0.2) is 47.1 Å². The molecular formula is C17H19ClN2O2. The maximum absolute atomic E-state index is 12.1. The van der Waals surface area contributed by atoms with Crippen LogP contribution in [0.3, 0.4) is 0 Å². The molecule has 1 N–H and O–H groups in total. The second kappa shape index (κ2) is 6.99. The van der Waals surface area contributed by atoms with Crippen LogP contribution in [0.25, 0.3) is 0 Å². The lowest BCUT2D eigenvalue weighted by molar-refractivity contribution is -0.116. The summed E-state index contributed by atoms with van der Waals surface area (Å²) in [7, 11) is 0. The van der Waals surface area contributed by atoms with Gasteiger partial charge in [-0.1, -0.05) is 23.7 Å². The van der Waals surface area contributed by atoms with Gasteiger partial charge in [0, 0.05) is 19.0 Å². The largest absolute Gasteiger partial charge is 0.468 e. The van der Waals surface area contributed by atoms with E-state index in [4.69, 9.17) is 16.0 Å². The molecule has 1 aliphatic rings. The Labute approximate surface area is 135 Å². The molecule has 116 valence electrons. The topological polar surface area (TPSA) is 45.5 Å². The highest BCUT2D eigenvalue weighted by Gasteiger charge is 2.29. The summed E-state index contributed by atoms with van der Waals surface area (Å²) in [6, 6.07) is 11.7. The van der Waals surface area contributed by atoms with Gasteiger partial charge in [-0.25, -0.2) is 0 Å². The summed E-state index contributed by atoms with van der Waals surface area (Å²) in [4.78, 5) is 14.4. The first-order valence-electron chi connectivity index (χ1n) is 7.53. The SMILES string of the molecule is O=C(CCN(Cc1ccco1)C1CC1)Nc1ccccc1Cl. The molecule has 1 aromatic heterocycles. The molecule has 1 fully saturated rings. The van der Waals surface area contributed by atoms with Crippen molar-refractivity contribution in [3.63, 3.8) is 0 Å². The van der Waals surface area contributed by atoms with Gasteiger partial charge in [-0.2, -0.15) is 0 Å². The zero-order valence-corrected chi connectivity index (χ0v) is 13.1. The Bertz CT molecular complexity index is 623. The number of rotatable bonds is 7. The molecule has 0 atom stereocenters. The molecule has 0 aliphatic heterocycles.